The minimum Gasteiger partial charge on any atom is -0.358 e. The fourth-order valence-electron chi connectivity index (χ4n) is 1.11. The number of rotatable bonds is 4. The molecular formula is C12H12F20P2Pt. The number of alkyl halides is 20. The SMILES string of the molecule is CP(C(F)(F)C(F)(F)F)C(F)(F)C(F)(F)F.CP(C(F)(F)C(F)(F)F)C(F)(F)C(F)(F)F.[CH3-].[CH3-].[Pt+2]. The first kappa shape index (κ1) is 45.1. The molecule has 0 saturated carbocycles. The number of hydrogen-bond donors (Lipinski definition) is 0. The Morgan fingerprint density at radius 1 is 0.314 bits per heavy atom. The van der Waals surface area contributed by atoms with Crippen LogP contribution >= 0.6 is 15.8 Å². The van der Waals surface area contributed by atoms with E-state index in [1.54, 1.807) is 0 Å². The average Bonchev–Trinajstić information content (AvgIpc) is 2.49. The van der Waals surface area contributed by atoms with E-state index >= 15 is 0 Å². The summed E-state index contributed by atoms with van der Waals surface area (Å²) in [5.41, 5.74) is -24.3. The summed E-state index contributed by atoms with van der Waals surface area (Å²) in [6.07, 6.45) is -25.8. The summed E-state index contributed by atoms with van der Waals surface area (Å²) < 4.78 is 237. The molecule has 0 aliphatic heterocycles. The van der Waals surface area contributed by atoms with Crippen LogP contribution in [0.2, 0.25) is 0 Å². The van der Waals surface area contributed by atoms with Gasteiger partial charge in [-0.05, 0) is 13.3 Å². The maximum atomic E-state index is 12.3. The summed E-state index contributed by atoms with van der Waals surface area (Å²) in [6, 6.07) is 0. The van der Waals surface area contributed by atoms with Gasteiger partial charge in [0.15, 0.2) is 0 Å². The third-order valence-corrected chi connectivity index (χ3v) is 7.43. The monoisotopic (exact) mass is 793 g/mol. The minimum absolute atomic E-state index is 0. The van der Waals surface area contributed by atoms with Gasteiger partial charge in [0.1, 0.15) is 0 Å². The number of hydrogen-bond acceptors (Lipinski definition) is 0. The molecule has 0 aromatic rings. The third-order valence-electron chi connectivity index (χ3n) is 3.05. The van der Waals surface area contributed by atoms with E-state index in [9.17, 15) is 87.8 Å². The van der Waals surface area contributed by atoms with E-state index < -0.39 is 76.5 Å². The fourth-order valence-corrected chi connectivity index (χ4v) is 3.34. The zero-order valence-corrected chi connectivity index (χ0v) is 20.8. The molecule has 23 heteroatoms. The zero-order valence-electron chi connectivity index (χ0n) is 16.8. The molecule has 0 unspecified atom stereocenters. The van der Waals surface area contributed by atoms with Gasteiger partial charge in [0.25, 0.3) is 0 Å². The van der Waals surface area contributed by atoms with Crippen LogP contribution in [0, 0.1) is 14.9 Å². The van der Waals surface area contributed by atoms with E-state index in [0.717, 1.165) is 0 Å². The summed E-state index contributed by atoms with van der Waals surface area (Å²) in [5, 5.41) is 0. The van der Waals surface area contributed by atoms with Crippen molar-refractivity contribution < 1.29 is 109 Å². The smallest absolute Gasteiger partial charge is 0.358 e. The van der Waals surface area contributed by atoms with Crippen molar-refractivity contribution in [1.29, 1.82) is 0 Å². The van der Waals surface area contributed by atoms with Crippen LogP contribution in [0.1, 0.15) is 0 Å². The van der Waals surface area contributed by atoms with Gasteiger partial charge in [0.2, 0.25) is 0 Å². The van der Waals surface area contributed by atoms with Gasteiger partial charge in [-0.25, -0.2) is 0 Å². The molecule has 0 rings (SSSR count). The van der Waals surface area contributed by atoms with Crippen molar-refractivity contribution in [1.82, 2.24) is 0 Å². The van der Waals surface area contributed by atoms with E-state index in [2.05, 4.69) is 0 Å². The molecule has 35 heavy (non-hydrogen) atoms. The largest absolute Gasteiger partial charge is 2.00 e. The van der Waals surface area contributed by atoms with Crippen LogP contribution in [0.15, 0.2) is 0 Å². The fraction of sp³-hybridized carbons (Fsp3) is 0.833. The minimum atomic E-state index is -6.44. The predicted molar refractivity (Wildman–Crippen MR) is 82.5 cm³/mol. The first-order valence-corrected chi connectivity index (χ1v) is 10.1. The Kier molecular flexibility index (Phi) is 16.5. The van der Waals surface area contributed by atoms with Crippen molar-refractivity contribution in [3.8, 4) is 0 Å². The molecule has 0 N–H and O–H groups in total. The van der Waals surface area contributed by atoms with Gasteiger partial charge < -0.3 is 14.9 Å². The van der Waals surface area contributed by atoms with Crippen molar-refractivity contribution in [3.63, 3.8) is 0 Å². The Balaban J connectivity index is -0.000000158. The van der Waals surface area contributed by atoms with Crippen molar-refractivity contribution in [3.05, 3.63) is 14.9 Å². The second-order valence-corrected chi connectivity index (χ2v) is 9.76. The molecule has 0 aliphatic carbocycles. The van der Waals surface area contributed by atoms with Crippen molar-refractivity contribution >= 4 is 15.8 Å². The quantitative estimate of drug-likeness (QED) is 0.151. The first-order valence-electron chi connectivity index (χ1n) is 6.57. The summed E-state index contributed by atoms with van der Waals surface area (Å²) in [6.45, 7) is -0.896. The third kappa shape index (κ3) is 9.76. The van der Waals surface area contributed by atoms with Crippen molar-refractivity contribution in [2.45, 2.75) is 47.4 Å². The molecule has 0 saturated heterocycles. The van der Waals surface area contributed by atoms with Crippen LogP contribution in [-0.2, 0) is 21.1 Å². The Bertz CT molecular complexity index is 510. The summed E-state index contributed by atoms with van der Waals surface area (Å²) in [4.78, 5) is 0. The van der Waals surface area contributed by atoms with Crippen LogP contribution in [0.5, 0.6) is 0 Å². The Morgan fingerprint density at radius 2 is 0.400 bits per heavy atom. The first-order chi connectivity index (χ1) is 13.3. The van der Waals surface area contributed by atoms with Gasteiger partial charge in [-0.3, -0.25) is 0 Å². The second kappa shape index (κ2) is 12.8. The normalized spacial score (nSPS) is 14.4. The van der Waals surface area contributed by atoms with E-state index in [4.69, 9.17) is 0 Å². The van der Waals surface area contributed by atoms with E-state index in [0.29, 0.717) is 0 Å². The maximum Gasteiger partial charge on any atom is 2.00 e. The molecular weight excluding hydrogens is 781 g/mol. The number of halogens is 20. The van der Waals surface area contributed by atoms with Gasteiger partial charge >= 0.3 is 68.4 Å². The Labute approximate surface area is 200 Å². The second-order valence-electron chi connectivity index (χ2n) is 5.27. The molecule has 0 nitrogen and oxygen atoms in total. The standard InChI is InChI=1S/2C5H3F10P.2CH3.Pt/c2*1-16(4(12,13)2(6,7)8)5(14,15)3(9,10)11;;;/h2*1H3;2*1H3;/q;;2*-1;+2. The average molecular weight is 793 g/mol. The van der Waals surface area contributed by atoms with Crippen LogP contribution in [0.25, 0.3) is 0 Å². The van der Waals surface area contributed by atoms with Crippen LogP contribution in [0.3, 0.4) is 0 Å². The van der Waals surface area contributed by atoms with Crippen LogP contribution in [-0.4, -0.2) is 60.7 Å². The molecule has 0 aliphatic rings. The topological polar surface area (TPSA) is 0 Å². The van der Waals surface area contributed by atoms with E-state index in [1.165, 1.54) is 0 Å². The molecule has 0 bridgehead atoms. The molecule has 0 atom stereocenters. The van der Waals surface area contributed by atoms with Crippen molar-refractivity contribution in [2.24, 2.45) is 0 Å². The van der Waals surface area contributed by atoms with Crippen LogP contribution < -0.4 is 0 Å². The van der Waals surface area contributed by atoms with Crippen molar-refractivity contribution in [2.75, 3.05) is 13.3 Å². The summed E-state index contributed by atoms with van der Waals surface area (Å²) in [7, 11) is -9.92. The van der Waals surface area contributed by atoms with Gasteiger partial charge in [-0.2, -0.15) is 87.8 Å². The zero-order chi connectivity index (χ0) is 27.2. The Hall–Kier alpha value is 0.148. The van der Waals surface area contributed by atoms with E-state index in [-0.39, 0.29) is 35.9 Å². The molecule has 0 radical (unpaired) electrons. The molecule has 0 amide bonds. The van der Waals surface area contributed by atoms with Crippen LogP contribution in [0.4, 0.5) is 87.8 Å². The molecule has 0 spiro atoms. The summed E-state index contributed by atoms with van der Waals surface area (Å²) in [5.74, 6) is 0. The predicted octanol–water partition coefficient (Wildman–Crippen LogP) is 9.71. The molecule has 0 heterocycles. The molecule has 0 aromatic carbocycles. The van der Waals surface area contributed by atoms with Gasteiger partial charge in [-0.15, -0.1) is 0 Å². The van der Waals surface area contributed by atoms with Gasteiger partial charge in [0, 0.05) is 0 Å². The maximum absolute atomic E-state index is 12.3. The molecule has 220 valence electrons. The van der Waals surface area contributed by atoms with Gasteiger partial charge in [0.05, 0.1) is 15.8 Å². The van der Waals surface area contributed by atoms with E-state index in [1.807, 2.05) is 0 Å². The molecule has 0 fully saturated rings. The molecule has 0 aromatic heterocycles. The van der Waals surface area contributed by atoms with Gasteiger partial charge in [-0.1, -0.05) is 0 Å². The summed E-state index contributed by atoms with van der Waals surface area (Å²) >= 11 is 0. The Morgan fingerprint density at radius 3 is 0.457 bits per heavy atom.